The molecule has 1 N–H and O–H groups in total. The normalized spacial score (nSPS) is 14.0. The number of anilines is 1. The number of carbonyl (C=O) groups is 1. The Morgan fingerprint density at radius 2 is 2.17 bits per heavy atom. The lowest BCUT2D eigenvalue weighted by molar-refractivity contribution is -0.137. The number of halogens is 2. The third-order valence-corrected chi connectivity index (χ3v) is 4.08. The van der Waals surface area contributed by atoms with E-state index < -0.39 is 0 Å². The molecule has 1 aromatic carbocycles. The molecule has 6 heteroatoms. The zero-order valence-electron chi connectivity index (χ0n) is 9.84. The van der Waals surface area contributed by atoms with E-state index >= 15 is 0 Å². The molecule has 96 valence electrons. The molecule has 0 aromatic heterocycles. The molecule has 0 saturated heterocycles. The molecule has 0 atom stereocenters. The van der Waals surface area contributed by atoms with Gasteiger partial charge in [0.05, 0.1) is 17.3 Å². The number of fused-ring (bicyclic) bond motifs is 1. The maximum atomic E-state index is 11.8. The molecule has 0 aliphatic carbocycles. The van der Waals surface area contributed by atoms with Gasteiger partial charge in [0.2, 0.25) is 0 Å². The van der Waals surface area contributed by atoms with Crippen LogP contribution < -0.4 is 5.32 Å². The quantitative estimate of drug-likeness (QED) is 0.827. The van der Waals surface area contributed by atoms with E-state index in [1.165, 1.54) is 11.8 Å². The van der Waals surface area contributed by atoms with Gasteiger partial charge in [-0.15, -0.1) is 0 Å². The van der Waals surface area contributed by atoms with Gasteiger partial charge in [-0.25, -0.2) is 4.79 Å². The van der Waals surface area contributed by atoms with E-state index in [0.717, 1.165) is 16.3 Å². The first kappa shape index (κ1) is 13.6. The largest absolute Gasteiger partial charge is 0.462 e. The van der Waals surface area contributed by atoms with Gasteiger partial charge in [-0.05, 0) is 26.0 Å². The summed E-state index contributed by atoms with van der Waals surface area (Å²) in [6, 6.07) is 3.43. The monoisotopic (exact) mass is 303 g/mol. The van der Waals surface area contributed by atoms with Crippen molar-refractivity contribution in [1.29, 1.82) is 0 Å². The molecule has 0 bridgehead atoms. The third-order valence-electron chi connectivity index (χ3n) is 2.34. The molecule has 1 aliphatic heterocycles. The second-order valence-electron chi connectivity index (χ2n) is 3.66. The second-order valence-corrected chi connectivity index (χ2v) is 5.56. The van der Waals surface area contributed by atoms with E-state index in [4.69, 9.17) is 27.9 Å². The van der Waals surface area contributed by atoms with Gasteiger partial charge in [0.25, 0.3) is 0 Å². The van der Waals surface area contributed by atoms with Crippen LogP contribution in [0.5, 0.6) is 0 Å². The van der Waals surface area contributed by atoms with Crippen LogP contribution in [0.4, 0.5) is 5.69 Å². The average Bonchev–Trinajstić information content (AvgIpc) is 2.29. The topological polar surface area (TPSA) is 38.3 Å². The SMILES string of the molecule is CCOC(=O)C1=C(C)Nc2c(Cl)cc(Cl)cc2S1. The van der Waals surface area contributed by atoms with Crippen molar-refractivity contribution in [3.8, 4) is 0 Å². The van der Waals surface area contributed by atoms with Crippen LogP contribution >= 0.6 is 35.0 Å². The van der Waals surface area contributed by atoms with Gasteiger partial charge in [-0.3, -0.25) is 0 Å². The number of hydrogen-bond donors (Lipinski definition) is 1. The zero-order chi connectivity index (χ0) is 13.3. The zero-order valence-corrected chi connectivity index (χ0v) is 12.2. The smallest absolute Gasteiger partial charge is 0.346 e. The van der Waals surface area contributed by atoms with E-state index in [9.17, 15) is 4.79 Å². The van der Waals surface area contributed by atoms with E-state index in [1.54, 1.807) is 19.1 Å². The van der Waals surface area contributed by atoms with Crippen molar-refractivity contribution in [3.63, 3.8) is 0 Å². The number of allylic oxidation sites excluding steroid dienone is 1. The summed E-state index contributed by atoms with van der Waals surface area (Å²) in [5.41, 5.74) is 1.51. The Balaban J connectivity index is 2.37. The molecule has 1 aromatic rings. The van der Waals surface area contributed by atoms with E-state index in [2.05, 4.69) is 5.32 Å². The molecule has 0 spiro atoms. The fourth-order valence-corrected chi connectivity index (χ4v) is 3.25. The van der Waals surface area contributed by atoms with Gasteiger partial charge in [0, 0.05) is 15.6 Å². The van der Waals surface area contributed by atoms with E-state index in [1.807, 2.05) is 6.92 Å². The molecule has 0 saturated carbocycles. The predicted molar refractivity (Wildman–Crippen MR) is 75.3 cm³/mol. The highest BCUT2D eigenvalue weighted by Gasteiger charge is 2.24. The number of rotatable bonds is 2. The highest BCUT2D eigenvalue weighted by atomic mass is 35.5. The predicted octanol–water partition coefficient (Wildman–Crippen LogP) is 4.31. The van der Waals surface area contributed by atoms with Gasteiger partial charge in [-0.1, -0.05) is 35.0 Å². The Morgan fingerprint density at radius 1 is 1.44 bits per heavy atom. The first-order valence-electron chi connectivity index (χ1n) is 5.34. The van der Waals surface area contributed by atoms with Crippen LogP contribution in [0.3, 0.4) is 0 Å². The fourth-order valence-electron chi connectivity index (χ4n) is 1.57. The lowest BCUT2D eigenvalue weighted by Gasteiger charge is -2.22. The molecule has 3 nitrogen and oxygen atoms in total. The summed E-state index contributed by atoms with van der Waals surface area (Å²) in [7, 11) is 0. The maximum absolute atomic E-state index is 11.8. The highest BCUT2D eigenvalue weighted by molar-refractivity contribution is 8.04. The van der Waals surface area contributed by atoms with Gasteiger partial charge in [-0.2, -0.15) is 0 Å². The van der Waals surface area contributed by atoms with Gasteiger partial charge in [0.1, 0.15) is 4.91 Å². The van der Waals surface area contributed by atoms with Crippen molar-refractivity contribution in [2.24, 2.45) is 0 Å². The molecule has 0 amide bonds. The Bertz CT molecular complexity index is 543. The van der Waals surface area contributed by atoms with Crippen molar-refractivity contribution < 1.29 is 9.53 Å². The number of carbonyl (C=O) groups excluding carboxylic acids is 1. The standard InChI is InChI=1S/C12H11Cl2NO2S/c1-3-17-12(16)11-6(2)15-10-8(14)4-7(13)5-9(10)18-11/h4-5,15H,3H2,1-2H3. The lowest BCUT2D eigenvalue weighted by atomic mass is 10.3. The van der Waals surface area contributed by atoms with Gasteiger partial charge >= 0.3 is 5.97 Å². The molecule has 0 fully saturated rings. The Labute approximate surface area is 119 Å². The first-order chi connectivity index (χ1) is 8.52. The van der Waals surface area contributed by atoms with Crippen LogP contribution in [0, 0.1) is 0 Å². The minimum Gasteiger partial charge on any atom is -0.462 e. The molecular weight excluding hydrogens is 293 g/mol. The van der Waals surface area contributed by atoms with Crippen LogP contribution in [0.1, 0.15) is 13.8 Å². The van der Waals surface area contributed by atoms with Crippen molar-refractivity contribution in [3.05, 3.63) is 32.8 Å². The maximum Gasteiger partial charge on any atom is 0.346 e. The molecular formula is C12H11Cl2NO2S. The number of nitrogens with one attached hydrogen (secondary N) is 1. The summed E-state index contributed by atoms with van der Waals surface area (Å²) in [5, 5.41) is 4.18. The Hall–Kier alpha value is -0.840. The van der Waals surface area contributed by atoms with Crippen LogP contribution in [0.2, 0.25) is 10.0 Å². The van der Waals surface area contributed by atoms with Crippen molar-refractivity contribution in [2.45, 2.75) is 18.7 Å². The molecule has 1 aliphatic rings. The highest BCUT2D eigenvalue weighted by Crippen LogP contribution is 2.44. The lowest BCUT2D eigenvalue weighted by Crippen LogP contribution is -2.14. The van der Waals surface area contributed by atoms with Crippen LogP contribution in [-0.4, -0.2) is 12.6 Å². The Morgan fingerprint density at radius 3 is 2.83 bits per heavy atom. The summed E-state index contributed by atoms with van der Waals surface area (Å²) in [5.74, 6) is -0.339. The first-order valence-corrected chi connectivity index (χ1v) is 6.92. The van der Waals surface area contributed by atoms with Crippen LogP contribution in [0.25, 0.3) is 0 Å². The summed E-state index contributed by atoms with van der Waals surface area (Å²) in [4.78, 5) is 13.1. The number of thioether (sulfide) groups is 1. The van der Waals surface area contributed by atoms with Crippen LogP contribution in [0.15, 0.2) is 27.6 Å². The number of ether oxygens (including phenoxy) is 1. The van der Waals surface area contributed by atoms with Crippen molar-refractivity contribution in [1.82, 2.24) is 0 Å². The summed E-state index contributed by atoms with van der Waals surface area (Å²) in [6.07, 6.45) is 0. The minimum atomic E-state index is -0.339. The number of hydrogen-bond acceptors (Lipinski definition) is 4. The van der Waals surface area contributed by atoms with Gasteiger partial charge < -0.3 is 10.1 Å². The summed E-state index contributed by atoms with van der Waals surface area (Å²) >= 11 is 13.4. The number of benzene rings is 1. The molecule has 0 radical (unpaired) electrons. The van der Waals surface area contributed by atoms with E-state index in [0.29, 0.717) is 21.6 Å². The molecule has 1 heterocycles. The molecule has 0 unspecified atom stereocenters. The van der Waals surface area contributed by atoms with Gasteiger partial charge in [0.15, 0.2) is 0 Å². The fraction of sp³-hybridized carbons (Fsp3) is 0.250. The average molecular weight is 304 g/mol. The molecule has 2 rings (SSSR count). The van der Waals surface area contributed by atoms with Crippen LogP contribution in [-0.2, 0) is 9.53 Å². The Kier molecular flexibility index (Phi) is 4.10. The van der Waals surface area contributed by atoms with E-state index in [-0.39, 0.29) is 5.97 Å². The summed E-state index contributed by atoms with van der Waals surface area (Å²) in [6.45, 7) is 3.93. The van der Waals surface area contributed by atoms with Crippen molar-refractivity contribution in [2.75, 3.05) is 11.9 Å². The minimum absolute atomic E-state index is 0.339. The summed E-state index contributed by atoms with van der Waals surface area (Å²) < 4.78 is 5.00. The van der Waals surface area contributed by atoms with Crippen molar-refractivity contribution >= 4 is 46.6 Å². The third kappa shape index (κ3) is 2.60. The molecule has 18 heavy (non-hydrogen) atoms. The second kappa shape index (κ2) is 5.43. The number of esters is 1.